The number of hydrogen-bond donors (Lipinski definition) is 1. The summed E-state index contributed by atoms with van der Waals surface area (Å²) in [5.74, 6) is -0.156. The second kappa shape index (κ2) is 7.28. The van der Waals surface area contributed by atoms with Crippen LogP contribution in [0.15, 0.2) is 60.7 Å². The first-order valence-electron chi connectivity index (χ1n) is 9.42. The van der Waals surface area contributed by atoms with E-state index in [4.69, 9.17) is 0 Å². The fourth-order valence-electron chi connectivity index (χ4n) is 3.69. The average molecular weight is 394 g/mol. The Kier molecular flexibility index (Phi) is 4.81. The molecule has 0 fully saturated rings. The van der Waals surface area contributed by atoms with Gasteiger partial charge in [-0.25, -0.2) is 8.42 Å². The minimum Gasteiger partial charge on any atom is -0.322 e. The molecule has 1 heterocycles. The monoisotopic (exact) mass is 394 g/mol. The van der Waals surface area contributed by atoms with Crippen LogP contribution in [-0.2, 0) is 16.4 Å². The first kappa shape index (κ1) is 18.5. The van der Waals surface area contributed by atoms with E-state index >= 15 is 0 Å². The van der Waals surface area contributed by atoms with Crippen LogP contribution in [0.1, 0.15) is 29.3 Å². The first-order valence-corrected chi connectivity index (χ1v) is 11.0. The number of rotatable bonds is 4. The number of carbonyl (C=O) groups excluding carboxylic acids is 1. The number of carbonyl (C=O) groups is 1. The van der Waals surface area contributed by atoms with Gasteiger partial charge in [-0.2, -0.15) is 0 Å². The summed E-state index contributed by atoms with van der Waals surface area (Å²) in [7, 11) is -3.34. The molecular weight excluding hydrogens is 372 g/mol. The molecule has 28 heavy (non-hydrogen) atoms. The molecule has 0 radical (unpaired) electrons. The van der Waals surface area contributed by atoms with Crippen LogP contribution >= 0.6 is 0 Å². The maximum Gasteiger partial charge on any atom is 0.256 e. The third-order valence-corrected chi connectivity index (χ3v) is 6.93. The molecule has 0 aromatic heterocycles. The number of fused-ring (bicyclic) bond motifs is 2. The van der Waals surface area contributed by atoms with Crippen molar-refractivity contribution in [3.05, 3.63) is 71.8 Å². The largest absolute Gasteiger partial charge is 0.322 e. The van der Waals surface area contributed by atoms with Gasteiger partial charge in [0.1, 0.15) is 0 Å². The normalized spacial score (nSPS) is 14.0. The molecule has 0 atom stereocenters. The highest BCUT2D eigenvalue weighted by Gasteiger charge is 2.26. The Labute approximate surface area is 165 Å². The zero-order valence-corrected chi connectivity index (χ0v) is 16.5. The van der Waals surface area contributed by atoms with Crippen molar-refractivity contribution in [1.82, 2.24) is 0 Å². The molecule has 3 aromatic carbocycles. The summed E-state index contributed by atoms with van der Waals surface area (Å²) in [6, 6.07) is 18.9. The molecule has 144 valence electrons. The SMILES string of the molecule is CCS(=O)(=O)N1CCCc2ccc(NC(=O)c3cccc4ccccc34)cc21. The van der Waals surface area contributed by atoms with Crippen LogP contribution in [0.5, 0.6) is 0 Å². The fourth-order valence-corrected chi connectivity index (χ4v) is 4.87. The Bertz CT molecular complexity index is 1150. The molecule has 1 aliphatic rings. The molecule has 4 rings (SSSR count). The van der Waals surface area contributed by atoms with Gasteiger partial charge in [-0.05, 0) is 54.3 Å². The predicted octanol–water partition coefficient (Wildman–Crippen LogP) is 4.19. The zero-order valence-electron chi connectivity index (χ0n) is 15.7. The Hall–Kier alpha value is -2.86. The number of aryl methyl sites for hydroxylation is 1. The van der Waals surface area contributed by atoms with Crippen molar-refractivity contribution in [3.63, 3.8) is 0 Å². The molecule has 0 saturated carbocycles. The lowest BCUT2D eigenvalue weighted by Crippen LogP contribution is -2.36. The van der Waals surface area contributed by atoms with Gasteiger partial charge in [0, 0.05) is 17.8 Å². The van der Waals surface area contributed by atoms with E-state index in [0.29, 0.717) is 23.5 Å². The highest BCUT2D eigenvalue weighted by Crippen LogP contribution is 2.32. The molecule has 0 saturated heterocycles. The number of benzene rings is 3. The molecule has 5 nitrogen and oxygen atoms in total. The molecule has 0 aliphatic carbocycles. The highest BCUT2D eigenvalue weighted by molar-refractivity contribution is 7.92. The minimum absolute atomic E-state index is 0.0546. The van der Waals surface area contributed by atoms with Crippen molar-refractivity contribution < 1.29 is 13.2 Å². The highest BCUT2D eigenvalue weighted by atomic mass is 32.2. The molecule has 6 heteroatoms. The van der Waals surface area contributed by atoms with Gasteiger partial charge < -0.3 is 5.32 Å². The molecular formula is C22H22N2O3S. The van der Waals surface area contributed by atoms with Crippen molar-refractivity contribution in [2.24, 2.45) is 0 Å². The van der Waals surface area contributed by atoms with Crippen LogP contribution in [-0.4, -0.2) is 26.6 Å². The Balaban J connectivity index is 1.68. The molecule has 0 spiro atoms. The van der Waals surface area contributed by atoms with E-state index in [0.717, 1.165) is 29.2 Å². The smallest absolute Gasteiger partial charge is 0.256 e. The lowest BCUT2D eigenvalue weighted by atomic mass is 10.0. The molecule has 0 bridgehead atoms. The topological polar surface area (TPSA) is 66.5 Å². The van der Waals surface area contributed by atoms with Gasteiger partial charge in [-0.15, -0.1) is 0 Å². The quantitative estimate of drug-likeness (QED) is 0.721. The summed E-state index contributed by atoms with van der Waals surface area (Å²) in [5, 5.41) is 4.82. The van der Waals surface area contributed by atoms with E-state index in [1.807, 2.05) is 48.5 Å². The van der Waals surface area contributed by atoms with Crippen molar-refractivity contribution in [3.8, 4) is 0 Å². The van der Waals surface area contributed by atoms with E-state index in [2.05, 4.69) is 5.32 Å². The molecule has 1 aliphatic heterocycles. The Morgan fingerprint density at radius 3 is 2.68 bits per heavy atom. The fraction of sp³-hybridized carbons (Fsp3) is 0.227. The van der Waals surface area contributed by atoms with E-state index in [9.17, 15) is 13.2 Å². The third-order valence-electron chi connectivity index (χ3n) is 5.15. The van der Waals surface area contributed by atoms with Crippen LogP contribution in [0.4, 0.5) is 11.4 Å². The summed E-state index contributed by atoms with van der Waals surface area (Å²) < 4.78 is 26.4. The van der Waals surface area contributed by atoms with Crippen molar-refractivity contribution in [1.29, 1.82) is 0 Å². The summed E-state index contributed by atoms with van der Waals surface area (Å²) in [6.45, 7) is 2.12. The van der Waals surface area contributed by atoms with Gasteiger partial charge in [0.15, 0.2) is 0 Å². The van der Waals surface area contributed by atoms with Gasteiger partial charge in [-0.3, -0.25) is 9.10 Å². The lowest BCUT2D eigenvalue weighted by Gasteiger charge is -2.30. The Morgan fingerprint density at radius 1 is 1.07 bits per heavy atom. The molecule has 1 amide bonds. The molecule has 3 aromatic rings. The summed E-state index contributed by atoms with van der Waals surface area (Å²) in [5.41, 5.74) is 2.85. The van der Waals surface area contributed by atoms with Gasteiger partial charge in [0.05, 0.1) is 11.4 Å². The number of hydrogen-bond acceptors (Lipinski definition) is 3. The van der Waals surface area contributed by atoms with Crippen LogP contribution < -0.4 is 9.62 Å². The average Bonchev–Trinajstić information content (AvgIpc) is 2.72. The maximum atomic E-state index is 12.9. The number of anilines is 2. The maximum absolute atomic E-state index is 12.9. The van der Waals surface area contributed by atoms with Gasteiger partial charge in [0.25, 0.3) is 5.91 Å². The van der Waals surface area contributed by atoms with Crippen molar-refractivity contribution >= 4 is 38.1 Å². The van der Waals surface area contributed by atoms with E-state index in [1.165, 1.54) is 4.31 Å². The number of amides is 1. The van der Waals surface area contributed by atoms with E-state index in [-0.39, 0.29) is 11.7 Å². The van der Waals surface area contributed by atoms with Crippen molar-refractivity contribution in [2.75, 3.05) is 21.9 Å². The molecule has 1 N–H and O–H groups in total. The van der Waals surface area contributed by atoms with Crippen LogP contribution in [0, 0.1) is 0 Å². The van der Waals surface area contributed by atoms with Gasteiger partial charge in [0.2, 0.25) is 10.0 Å². The summed E-state index contributed by atoms with van der Waals surface area (Å²) in [6.07, 6.45) is 1.64. The standard InChI is InChI=1S/C22H22N2O3S/c1-2-28(26,27)24-14-6-9-17-12-13-18(15-21(17)24)23-22(25)20-11-5-8-16-7-3-4-10-19(16)20/h3-5,7-8,10-13,15H,2,6,9,14H2,1H3,(H,23,25). The predicted molar refractivity (Wildman–Crippen MR) is 113 cm³/mol. The first-order chi connectivity index (χ1) is 13.5. The minimum atomic E-state index is -3.34. The van der Waals surface area contributed by atoms with Crippen molar-refractivity contribution in [2.45, 2.75) is 19.8 Å². The Morgan fingerprint density at radius 2 is 1.86 bits per heavy atom. The van der Waals surface area contributed by atoms with Crippen LogP contribution in [0.3, 0.4) is 0 Å². The van der Waals surface area contributed by atoms with Crippen LogP contribution in [0.25, 0.3) is 10.8 Å². The zero-order chi connectivity index (χ0) is 19.7. The second-order valence-corrected chi connectivity index (χ2v) is 9.08. The van der Waals surface area contributed by atoms with E-state index < -0.39 is 10.0 Å². The number of nitrogens with one attached hydrogen (secondary N) is 1. The number of nitrogens with zero attached hydrogens (tertiary/aromatic N) is 1. The number of sulfonamides is 1. The lowest BCUT2D eigenvalue weighted by molar-refractivity contribution is 0.102. The third kappa shape index (κ3) is 3.36. The van der Waals surface area contributed by atoms with Gasteiger partial charge in [-0.1, -0.05) is 42.5 Å². The van der Waals surface area contributed by atoms with E-state index in [1.54, 1.807) is 19.1 Å². The molecule has 0 unspecified atom stereocenters. The summed E-state index contributed by atoms with van der Waals surface area (Å²) >= 11 is 0. The van der Waals surface area contributed by atoms with Crippen LogP contribution in [0.2, 0.25) is 0 Å². The second-order valence-electron chi connectivity index (χ2n) is 6.90. The summed E-state index contributed by atoms with van der Waals surface area (Å²) in [4.78, 5) is 12.9. The van der Waals surface area contributed by atoms with Gasteiger partial charge >= 0.3 is 0 Å².